The normalized spacial score (nSPS) is 15.7. The van der Waals surface area contributed by atoms with Gasteiger partial charge in [-0.15, -0.1) is 11.3 Å². The molecule has 4 aromatic rings. The van der Waals surface area contributed by atoms with Gasteiger partial charge in [0.1, 0.15) is 5.76 Å². The molecule has 1 unspecified atom stereocenters. The molecule has 0 fully saturated rings. The van der Waals surface area contributed by atoms with Crippen molar-refractivity contribution >= 4 is 33.8 Å². The zero-order chi connectivity index (χ0) is 24.7. The summed E-state index contributed by atoms with van der Waals surface area (Å²) in [5.41, 5.74) is 3.21. The minimum absolute atomic E-state index is 0.00119. The molecule has 2 N–H and O–H groups in total. The maximum absolute atomic E-state index is 13.4. The van der Waals surface area contributed by atoms with Gasteiger partial charge in [0, 0.05) is 33.2 Å². The molecule has 2 aromatic heterocycles. The van der Waals surface area contributed by atoms with Crippen molar-refractivity contribution in [2.45, 2.75) is 19.9 Å². The Hall–Kier alpha value is -4.37. The number of hydrogen-bond donors (Lipinski definition) is 2. The Labute approximate surface area is 204 Å². The van der Waals surface area contributed by atoms with Gasteiger partial charge in [0.2, 0.25) is 5.78 Å². The van der Waals surface area contributed by atoms with Crippen molar-refractivity contribution in [3.63, 3.8) is 0 Å². The van der Waals surface area contributed by atoms with E-state index < -0.39 is 23.5 Å². The fraction of sp³-hybridized carbons (Fsp3) is 0.115. The summed E-state index contributed by atoms with van der Waals surface area (Å²) in [5, 5.41) is 14.8. The van der Waals surface area contributed by atoms with Gasteiger partial charge in [0.25, 0.3) is 11.6 Å². The largest absolute Gasteiger partial charge is 0.503 e. The lowest BCUT2D eigenvalue weighted by Gasteiger charge is -2.24. The highest BCUT2D eigenvalue weighted by Gasteiger charge is 2.46. The van der Waals surface area contributed by atoms with E-state index in [-0.39, 0.29) is 17.0 Å². The van der Waals surface area contributed by atoms with Gasteiger partial charge < -0.3 is 9.52 Å². The highest BCUT2D eigenvalue weighted by atomic mass is 32.1. The van der Waals surface area contributed by atoms with Crippen LogP contribution in [0.3, 0.4) is 0 Å². The first-order chi connectivity index (χ1) is 16.9. The number of nitroso groups, excluding NO2 is 1. The van der Waals surface area contributed by atoms with E-state index in [0.29, 0.717) is 22.1 Å². The number of carbonyl (C=O) groups is 2. The lowest BCUT2D eigenvalue weighted by atomic mass is 9.95. The minimum atomic E-state index is -1.01. The molecule has 8 nitrogen and oxygen atoms in total. The van der Waals surface area contributed by atoms with Crippen LogP contribution in [0.25, 0.3) is 11.3 Å². The van der Waals surface area contributed by atoms with Gasteiger partial charge in [-0.1, -0.05) is 42.0 Å². The number of thiazole rings is 1. The van der Waals surface area contributed by atoms with Gasteiger partial charge in [0.15, 0.2) is 16.7 Å². The maximum Gasteiger partial charge on any atom is 0.296 e. The van der Waals surface area contributed by atoms with E-state index >= 15 is 0 Å². The molecule has 9 heteroatoms. The number of aromatic nitrogens is 1. The number of rotatable bonds is 6. The lowest BCUT2D eigenvalue weighted by molar-refractivity contribution is -0.379. The molecular formula is C26H20N3O5S+. The first kappa shape index (κ1) is 22.4. The zero-order valence-electron chi connectivity index (χ0n) is 18.8. The highest BCUT2D eigenvalue weighted by Crippen LogP contribution is 2.44. The van der Waals surface area contributed by atoms with E-state index in [9.17, 15) is 19.6 Å². The van der Waals surface area contributed by atoms with Gasteiger partial charge in [-0.2, -0.15) is 0 Å². The summed E-state index contributed by atoms with van der Waals surface area (Å²) in [6.45, 7) is 3.68. The molecule has 35 heavy (non-hydrogen) atoms. The van der Waals surface area contributed by atoms with E-state index in [1.54, 1.807) is 31.2 Å². The van der Waals surface area contributed by atoms with Gasteiger partial charge in [-0.3, -0.25) is 14.5 Å². The smallest absolute Gasteiger partial charge is 0.296 e. The molecule has 0 spiro atoms. The standard InChI is InChI=1S/C26H19N3O5S/c1-14-6-9-16(10-7-14)19-13-35-26(27-19)29-22(17-4-3-5-18(12-17)28-33)21(24(31)25(29)32)23(30)20-11-8-15(2)34-20/h3-13,22,31H,1-2H3/p+1. The molecule has 2 aromatic carbocycles. The van der Waals surface area contributed by atoms with Crippen molar-refractivity contribution in [3.05, 3.63) is 105 Å². The number of nitrogens with one attached hydrogen (secondary N) is 1. The Bertz CT molecular complexity index is 1500. The molecular weight excluding hydrogens is 466 g/mol. The molecule has 0 saturated heterocycles. The Morgan fingerprint density at radius 2 is 1.89 bits per heavy atom. The molecule has 174 valence electrons. The maximum atomic E-state index is 13.4. The lowest BCUT2D eigenvalue weighted by Crippen LogP contribution is -2.55. The number of ketones is 1. The highest BCUT2D eigenvalue weighted by molar-refractivity contribution is 7.14. The van der Waals surface area contributed by atoms with Crippen molar-refractivity contribution in [1.82, 2.24) is 4.98 Å². The first-order valence-corrected chi connectivity index (χ1v) is 11.6. The third kappa shape index (κ3) is 3.95. The number of anilines is 1. The third-order valence-electron chi connectivity index (χ3n) is 5.78. The number of aryl methyl sites for hydroxylation is 2. The molecule has 0 saturated carbocycles. The van der Waals surface area contributed by atoms with E-state index in [1.807, 2.05) is 41.7 Å². The summed E-state index contributed by atoms with van der Waals surface area (Å²) in [4.78, 5) is 44.0. The van der Waals surface area contributed by atoms with Crippen LogP contribution in [0.4, 0.5) is 10.8 Å². The second kappa shape index (κ2) is 8.77. The summed E-state index contributed by atoms with van der Waals surface area (Å²) < 4.78 is 5.48. The predicted octanol–water partition coefficient (Wildman–Crippen LogP) is 4.28. The Morgan fingerprint density at radius 3 is 2.57 bits per heavy atom. The molecule has 1 atom stereocenters. The number of amides is 1. The van der Waals surface area contributed by atoms with Gasteiger partial charge in [0.05, 0.1) is 17.3 Å². The second-order valence-electron chi connectivity index (χ2n) is 8.19. The van der Waals surface area contributed by atoms with Crippen LogP contribution in [-0.4, -0.2) is 21.8 Å². The molecule has 0 aliphatic carbocycles. The third-order valence-corrected chi connectivity index (χ3v) is 6.62. The van der Waals surface area contributed by atoms with Crippen LogP contribution in [0.2, 0.25) is 0 Å². The molecule has 0 bridgehead atoms. The number of carbonyl (C=O) groups excluding carboxylic acids is 2. The summed E-state index contributed by atoms with van der Waals surface area (Å²) in [7, 11) is 0. The van der Waals surface area contributed by atoms with Gasteiger partial charge in [-0.25, -0.2) is 4.98 Å². The number of furan rings is 1. The quantitative estimate of drug-likeness (QED) is 0.393. The summed E-state index contributed by atoms with van der Waals surface area (Å²) in [6, 6.07) is 16.3. The van der Waals surface area contributed by atoms with Crippen LogP contribution in [0.15, 0.2) is 81.8 Å². The van der Waals surface area contributed by atoms with E-state index in [4.69, 9.17) is 4.42 Å². The van der Waals surface area contributed by atoms with Crippen LogP contribution < -0.4 is 10.1 Å². The monoisotopic (exact) mass is 486 g/mol. The minimum Gasteiger partial charge on any atom is -0.503 e. The molecule has 3 heterocycles. The Kier molecular flexibility index (Phi) is 5.62. The fourth-order valence-corrected chi connectivity index (χ4v) is 4.90. The molecule has 5 rings (SSSR count). The van der Waals surface area contributed by atoms with Crippen LogP contribution in [0.1, 0.15) is 33.5 Å². The Balaban J connectivity index is 1.63. The number of hydrogen-bond acceptors (Lipinski definition) is 7. The van der Waals surface area contributed by atoms with Crippen LogP contribution in [0.5, 0.6) is 0 Å². The number of aliphatic hydroxyl groups excluding tert-OH is 1. The Morgan fingerprint density at radius 1 is 1.11 bits per heavy atom. The second-order valence-corrected chi connectivity index (χ2v) is 9.02. The van der Waals surface area contributed by atoms with Crippen LogP contribution >= 0.6 is 11.3 Å². The first-order valence-electron chi connectivity index (χ1n) is 10.8. The molecule has 1 aliphatic heterocycles. The fourth-order valence-electron chi connectivity index (χ4n) is 4.04. The van der Waals surface area contributed by atoms with Crippen LogP contribution in [-0.2, 0) is 4.79 Å². The van der Waals surface area contributed by atoms with E-state index in [1.165, 1.54) is 28.4 Å². The van der Waals surface area contributed by atoms with E-state index in [0.717, 1.165) is 11.1 Å². The van der Waals surface area contributed by atoms with Crippen molar-refractivity contribution in [1.29, 1.82) is 0 Å². The number of nitrogens with zero attached hydrogens (tertiary/aromatic N) is 2. The molecule has 0 radical (unpaired) electrons. The number of aliphatic hydroxyl groups is 1. The summed E-state index contributed by atoms with van der Waals surface area (Å²) in [5.74, 6) is -1.53. The van der Waals surface area contributed by atoms with Crippen molar-refractivity contribution in [2.75, 3.05) is 4.90 Å². The SMILES string of the molecule is Cc1ccc(-c2csc(N3C(=O)C(O)=C(C(=O)c4ccc(C)o4)C3c3cccc([NH+]=O)c3)n2)cc1. The zero-order valence-corrected chi connectivity index (χ0v) is 19.6. The summed E-state index contributed by atoms with van der Waals surface area (Å²) >= 11 is 1.22. The van der Waals surface area contributed by atoms with Crippen molar-refractivity contribution in [2.24, 2.45) is 0 Å². The average molecular weight is 487 g/mol. The van der Waals surface area contributed by atoms with E-state index in [2.05, 4.69) is 4.98 Å². The van der Waals surface area contributed by atoms with Gasteiger partial charge in [-0.05, 0) is 31.5 Å². The number of benzene rings is 2. The summed E-state index contributed by atoms with van der Waals surface area (Å²) in [6.07, 6.45) is 0. The van der Waals surface area contributed by atoms with Gasteiger partial charge >= 0.3 is 0 Å². The van der Waals surface area contributed by atoms with Crippen molar-refractivity contribution < 1.29 is 24.3 Å². The van der Waals surface area contributed by atoms with Crippen LogP contribution in [0, 0.1) is 18.8 Å². The van der Waals surface area contributed by atoms with Crippen molar-refractivity contribution in [3.8, 4) is 11.3 Å². The molecule has 1 aliphatic rings. The molecule has 1 amide bonds. The predicted molar refractivity (Wildman–Crippen MR) is 130 cm³/mol. The number of Topliss-reactive ketones (excluding diaryl/α,β-unsaturated/α-hetero) is 1. The topological polar surface area (TPSA) is 115 Å². The average Bonchev–Trinajstić information content (AvgIpc) is 3.58.